The molecule has 8 heteroatoms. The van der Waals surface area contributed by atoms with Crippen LogP contribution >= 0.6 is 23.4 Å². The van der Waals surface area contributed by atoms with E-state index in [1.165, 1.54) is 18.2 Å². The molecule has 3 rings (SSSR count). The molecule has 2 aromatic carbocycles. The van der Waals surface area contributed by atoms with Gasteiger partial charge in [-0.2, -0.15) is 0 Å². The van der Waals surface area contributed by atoms with E-state index in [9.17, 15) is 9.18 Å². The Bertz CT molecular complexity index is 821. The number of carbonyl (C=O) groups excluding carboxylic acids is 1. The summed E-state index contributed by atoms with van der Waals surface area (Å²) in [6, 6.07) is 9.40. The van der Waals surface area contributed by atoms with Crippen LogP contribution in [-0.2, 0) is 0 Å². The van der Waals surface area contributed by atoms with Gasteiger partial charge in [0.15, 0.2) is 11.5 Å². The molecule has 1 aliphatic heterocycles. The summed E-state index contributed by atoms with van der Waals surface area (Å²) >= 11 is 7.42. The Balaban J connectivity index is 1.84. The van der Waals surface area contributed by atoms with Crippen LogP contribution in [0.25, 0.3) is 0 Å². The van der Waals surface area contributed by atoms with Crippen LogP contribution in [0.5, 0.6) is 11.5 Å². The second-order valence-corrected chi connectivity index (χ2v) is 7.15. The number of carbonyl (C=O) groups is 1. The van der Waals surface area contributed by atoms with Gasteiger partial charge in [-0.05, 0) is 24.3 Å². The predicted octanol–water partition coefficient (Wildman–Crippen LogP) is 4.78. The maximum atomic E-state index is 13.3. The molecule has 1 heterocycles. The summed E-state index contributed by atoms with van der Waals surface area (Å²) in [6.45, 7) is 0.580. The minimum atomic E-state index is -0.527. The molecule has 138 valence electrons. The normalized spacial score (nSPS) is 16.5. The first-order valence-electron chi connectivity index (χ1n) is 7.90. The van der Waals surface area contributed by atoms with Gasteiger partial charge in [-0.15, -0.1) is 11.8 Å². The molecule has 0 bridgehead atoms. The number of ether oxygens (including phenoxy) is 2. The predicted molar refractivity (Wildman–Crippen MR) is 102 cm³/mol. The van der Waals surface area contributed by atoms with E-state index in [2.05, 4.69) is 5.32 Å². The summed E-state index contributed by atoms with van der Waals surface area (Å²) in [5, 5.41) is 2.52. The molecule has 26 heavy (non-hydrogen) atoms. The Kier molecular flexibility index (Phi) is 5.78. The molecule has 0 saturated carbocycles. The Morgan fingerprint density at radius 1 is 1.31 bits per heavy atom. The van der Waals surface area contributed by atoms with Crippen molar-refractivity contribution in [1.82, 2.24) is 4.90 Å². The minimum absolute atomic E-state index is 0.0374. The van der Waals surface area contributed by atoms with E-state index in [-0.39, 0.29) is 16.4 Å². The molecule has 1 aliphatic rings. The van der Waals surface area contributed by atoms with Crippen LogP contribution in [0, 0.1) is 5.82 Å². The van der Waals surface area contributed by atoms with Gasteiger partial charge in [0.05, 0.1) is 19.2 Å². The first-order chi connectivity index (χ1) is 12.5. The van der Waals surface area contributed by atoms with E-state index < -0.39 is 5.82 Å². The van der Waals surface area contributed by atoms with Crippen molar-refractivity contribution < 1.29 is 18.7 Å². The summed E-state index contributed by atoms with van der Waals surface area (Å²) in [5.41, 5.74) is 1.30. The third-order valence-corrected chi connectivity index (χ3v) is 5.55. The molecular weight excluding hydrogens is 379 g/mol. The van der Waals surface area contributed by atoms with Crippen molar-refractivity contribution in [2.75, 3.05) is 31.8 Å². The zero-order valence-electron chi connectivity index (χ0n) is 14.3. The van der Waals surface area contributed by atoms with Crippen molar-refractivity contribution >= 4 is 35.1 Å². The van der Waals surface area contributed by atoms with Crippen molar-refractivity contribution in [3.8, 4) is 11.5 Å². The van der Waals surface area contributed by atoms with Gasteiger partial charge in [-0.3, -0.25) is 0 Å². The van der Waals surface area contributed by atoms with Crippen LogP contribution in [-0.4, -0.2) is 37.4 Å². The molecule has 0 spiro atoms. The molecule has 5 nitrogen and oxygen atoms in total. The van der Waals surface area contributed by atoms with Gasteiger partial charge >= 0.3 is 6.03 Å². The third-order valence-electron chi connectivity index (χ3n) is 4.02. The highest BCUT2D eigenvalue weighted by atomic mass is 35.5. The molecular formula is C18H18ClFN2O3S. The lowest BCUT2D eigenvalue weighted by atomic mass is 10.1. The summed E-state index contributed by atoms with van der Waals surface area (Å²) in [4.78, 5) is 14.4. The topological polar surface area (TPSA) is 50.8 Å². The lowest BCUT2D eigenvalue weighted by Gasteiger charge is -2.26. The fraction of sp³-hybridized carbons (Fsp3) is 0.278. The van der Waals surface area contributed by atoms with Gasteiger partial charge in [0.1, 0.15) is 11.2 Å². The summed E-state index contributed by atoms with van der Waals surface area (Å²) in [5.74, 6) is 1.49. The molecule has 0 radical (unpaired) electrons. The van der Waals surface area contributed by atoms with E-state index in [0.717, 1.165) is 11.3 Å². The highest BCUT2D eigenvalue weighted by Gasteiger charge is 2.33. The first-order valence-corrected chi connectivity index (χ1v) is 9.33. The fourth-order valence-corrected chi connectivity index (χ4v) is 4.26. The Morgan fingerprint density at radius 2 is 2.12 bits per heavy atom. The van der Waals surface area contributed by atoms with Gasteiger partial charge in [-0.25, -0.2) is 9.18 Å². The van der Waals surface area contributed by atoms with Crippen LogP contribution in [0.3, 0.4) is 0 Å². The number of anilines is 1. The van der Waals surface area contributed by atoms with Crippen molar-refractivity contribution in [3.63, 3.8) is 0 Å². The van der Waals surface area contributed by atoms with Gasteiger partial charge in [0, 0.05) is 23.5 Å². The van der Waals surface area contributed by atoms with Crippen LogP contribution in [0.1, 0.15) is 10.9 Å². The number of hydrogen-bond donors (Lipinski definition) is 1. The zero-order valence-corrected chi connectivity index (χ0v) is 15.9. The number of amides is 2. The van der Waals surface area contributed by atoms with E-state index in [1.807, 2.05) is 18.2 Å². The van der Waals surface area contributed by atoms with Gasteiger partial charge in [0.2, 0.25) is 0 Å². The van der Waals surface area contributed by atoms with Crippen LogP contribution in [0.4, 0.5) is 14.9 Å². The average Bonchev–Trinajstić information content (AvgIpc) is 3.13. The van der Waals surface area contributed by atoms with Crippen LogP contribution in [0.2, 0.25) is 5.02 Å². The van der Waals surface area contributed by atoms with Crippen LogP contribution in [0.15, 0.2) is 36.4 Å². The van der Waals surface area contributed by atoms with Crippen molar-refractivity contribution in [2.45, 2.75) is 5.37 Å². The Labute approximate surface area is 160 Å². The lowest BCUT2D eigenvalue weighted by Crippen LogP contribution is -2.34. The summed E-state index contributed by atoms with van der Waals surface area (Å²) in [6.07, 6.45) is 0. The molecule has 1 fully saturated rings. The van der Waals surface area contributed by atoms with Crippen molar-refractivity contribution in [1.29, 1.82) is 0 Å². The molecule has 1 saturated heterocycles. The smallest absolute Gasteiger partial charge is 0.323 e. The van der Waals surface area contributed by atoms with Crippen molar-refractivity contribution in [2.24, 2.45) is 0 Å². The number of hydrogen-bond acceptors (Lipinski definition) is 4. The number of nitrogens with one attached hydrogen (secondary N) is 1. The largest absolute Gasteiger partial charge is 0.493 e. The number of urea groups is 1. The monoisotopic (exact) mass is 396 g/mol. The number of halogens is 2. The van der Waals surface area contributed by atoms with Gasteiger partial charge < -0.3 is 19.7 Å². The number of nitrogens with zero attached hydrogens (tertiary/aromatic N) is 1. The third kappa shape index (κ3) is 3.68. The second kappa shape index (κ2) is 8.05. The molecule has 1 atom stereocenters. The zero-order chi connectivity index (χ0) is 18.7. The molecule has 0 unspecified atom stereocenters. The first kappa shape index (κ1) is 18.7. The van der Waals surface area contributed by atoms with E-state index in [1.54, 1.807) is 30.9 Å². The average molecular weight is 397 g/mol. The Morgan fingerprint density at radius 3 is 2.81 bits per heavy atom. The maximum absolute atomic E-state index is 13.3. The number of benzene rings is 2. The maximum Gasteiger partial charge on any atom is 0.323 e. The SMILES string of the molecule is COc1cccc([C@H]2SCCN2C(=O)Nc2ccc(F)c(Cl)c2)c1OC. The number of methoxy groups -OCH3 is 2. The molecule has 2 aromatic rings. The fourth-order valence-electron chi connectivity index (χ4n) is 2.81. The number of rotatable bonds is 4. The summed E-state index contributed by atoms with van der Waals surface area (Å²) < 4.78 is 24.1. The highest BCUT2D eigenvalue weighted by molar-refractivity contribution is 7.99. The molecule has 0 aromatic heterocycles. The summed E-state index contributed by atoms with van der Waals surface area (Å²) in [7, 11) is 3.15. The second-order valence-electron chi connectivity index (χ2n) is 5.56. The number of thioether (sulfide) groups is 1. The Hall–Kier alpha value is -2.12. The molecule has 1 N–H and O–H groups in total. The molecule has 2 amide bonds. The van der Waals surface area contributed by atoms with Gasteiger partial charge in [-0.1, -0.05) is 23.7 Å². The number of para-hydroxylation sites is 1. The van der Waals surface area contributed by atoms with Crippen molar-refractivity contribution in [3.05, 3.63) is 52.8 Å². The lowest BCUT2D eigenvalue weighted by molar-refractivity contribution is 0.213. The quantitative estimate of drug-likeness (QED) is 0.808. The molecule has 0 aliphatic carbocycles. The van der Waals surface area contributed by atoms with E-state index in [4.69, 9.17) is 21.1 Å². The van der Waals surface area contributed by atoms with E-state index >= 15 is 0 Å². The highest BCUT2D eigenvalue weighted by Crippen LogP contribution is 2.45. The standard InChI is InChI=1S/C18H18ClFN2O3S/c1-24-15-5-3-4-12(16(15)25-2)17-22(8-9-26-17)18(23)21-11-6-7-14(20)13(19)10-11/h3-7,10,17H,8-9H2,1-2H3,(H,21,23)/t17-/m1/s1. The minimum Gasteiger partial charge on any atom is -0.493 e. The van der Waals surface area contributed by atoms with Gasteiger partial charge in [0.25, 0.3) is 0 Å². The van der Waals surface area contributed by atoms with Crippen LogP contribution < -0.4 is 14.8 Å². The van der Waals surface area contributed by atoms with E-state index in [0.29, 0.717) is 23.7 Å².